The molecular weight excluding hydrogens is 659 g/mol. The van der Waals surface area contributed by atoms with Crippen LogP contribution in [0.3, 0.4) is 0 Å². The number of benzene rings is 2. The van der Waals surface area contributed by atoms with Crippen LogP contribution < -0.4 is 5.32 Å². The zero-order valence-corrected chi connectivity index (χ0v) is 25.9. The van der Waals surface area contributed by atoms with Crippen molar-refractivity contribution in [3.8, 4) is 5.69 Å². The van der Waals surface area contributed by atoms with Crippen LogP contribution in [-0.2, 0) is 11.3 Å². The number of amides is 2. The van der Waals surface area contributed by atoms with Crippen LogP contribution in [0, 0.1) is 5.82 Å². The molecule has 0 spiro atoms. The molecule has 1 N–H and O–H groups in total. The Balaban J connectivity index is 1.24. The van der Waals surface area contributed by atoms with Crippen molar-refractivity contribution < 1.29 is 14.0 Å². The summed E-state index contributed by atoms with van der Waals surface area (Å²) in [6, 6.07) is 21.0. The van der Waals surface area contributed by atoms with Gasteiger partial charge in [-0.2, -0.15) is 5.10 Å². The van der Waals surface area contributed by atoms with Gasteiger partial charge in [0, 0.05) is 16.6 Å². The van der Waals surface area contributed by atoms with Gasteiger partial charge in [-0.25, -0.2) is 9.40 Å². The number of nitrogens with one attached hydrogen (secondary N) is 1. The molecule has 0 bridgehead atoms. The minimum atomic E-state index is -0.344. The number of carbonyl (C=O) groups is 2. The number of hydrazone groups is 1. The molecule has 5 aromatic rings. The zero-order chi connectivity index (χ0) is 29.1. The molecule has 8 nitrogen and oxygen atoms in total. The van der Waals surface area contributed by atoms with Gasteiger partial charge in [-0.1, -0.05) is 52.0 Å². The van der Waals surface area contributed by atoms with Crippen LogP contribution in [0.25, 0.3) is 5.69 Å². The maximum absolute atomic E-state index is 13.7. The molecule has 4 heterocycles. The average molecular weight is 682 g/mol. The summed E-state index contributed by atoms with van der Waals surface area (Å²) in [5, 5.41) is 22.1. The molecule has 2 amide bonds. The van der Waals surface area contributed by atoms with Crippen LogP contribution in [0.15, 0.2) is 98.3 Å². The maximum atomic E-state index is 13.7. The van der Waals surface area contributed by atoms with Crippen molar-refractivity contribution in [1.29, 1.82) is 0 Å². The predicted molar refractivity (Wildman–Crippen MR) is 167 cm³/mol. The third-order valence-electron chi connectivity index (χ3n) is 6.49. The van der Waals surface area contributed by atoms with Crippen molar-refractivity contribution in [3.05, 3.63) is 115 Å². The van der Waals surface area contributed by atoms with E-state index < -0.39 is 0 Å². The molecule has 0 aliphatic carbocycles. The minimum absolute atomic E-state index is 0.0507. The number of aromatic nitrogens is 3. The number of thioether (sulfide) groups is 1. The molecule has 2 aromatic carbocycles. The van der Waals surface area contributed by atoms with Gasteiger partial charge in [0.1, 0.15) is 5.82 Å². The topological polar surface area (TPSA) is 92.5 Å². The standard InChI is InChI=1S/C29H22BrFN6O2S3/c30-19-7-11-21(12-8-19)36-26(16-32-28(39)25-4-2-14-41-25)33-34-29(36)42-17-27(38)37-23(18-5-9-20(31)10-6-18)15-22(35-37)24-3-1-13-40-24/h1-14,23H,15-17H2,(H,32,39). The fourth-order valence-electron chi connectivity index (χ4n) is 4.48. The second-order valence-electron chi connectivity index (χ2n) is 9.19. The summed E-state index contributed by atoms with van der Waals surface area (Å²) in [7, 11) is 0. The Labute approximate surface area is 261 Å². The number of thiophene rings is 2. The molecule has 42 heavy (non-hydrogen) atoms. The van der Waals surface area contributed by atoms with Crippen LogP contribution in [0.1, 0.15) is 38.4 Å². The van der Waals surface area contributed by atoms with Crippen LogP contribution in [0.2, 0.25) is 0 Å². The lowest BCUT2D eigenvalue weighted by atomic mass is 10.0. The van der Waals surface area contributed by atoms with E-state index in [0.717, 1.165) is 26.3 Å². The summed E-state index contributed by atoms with van der Waals surface area (Å²) < 4.78 is 16.4. The summed E-state index contributed by atoms with van der Waals surface area (Å²) in [6.45, 7) is 0.154. The molecular formula is C29H22BrFN6O2S3. The van der Waals surface area contributed by atoms with E-state index >= 15 is 0 Å². The van der Waals surface area contributed by atoms with Crippen molar-refractivity contribution >= 4 is 67.9 Å². The Kier molecular flexibility index (Phi) is 8.60. The van der Waals surface area contributed by atoms with E-state index in [1.54, 1.807) is 29.5 Å². The molecule has 13 heteroatoms. The van der Waals surface area contributed by atoms with Gasteiger partial charge in [0.2, 0.25) is 0 Å². The van der Waals surface area contributed by atoms with Gasteiger partial charge in [-0.3, -0.25) is 14.2 Å². The fourth-order valence-corrected chi connectivity index (χ4v) is 6.93. The van der Waals surface area contributed by atoms with Crippen LogP contribution in [0.5, 0.6) is 0 Å². The first-order valence-electron chi connectivity index (χ1n) is 12.8. The van der Waals surface area contributed by atoms with E-state index in [2.05, 4.69) is 31.4 Å². The Bertz CT molecular complexity index is 1720. The molecule has 0 saturated carbocycles. The number of hydrogen-bond acceptors (Lipinski definition) is 8. The summed E-state index contributed by atoms with van der Waals surface area (Å²) in [6.07, 6.45) is 0.533. The Morgan fingerprint density at radius 3 is 2.48 bits per heavy atom. The Hall–Kier alpha value is -3.65. The molecule has 1 atom stereocenters. The van der Waals surface area contributed by atoms with Gasteiger partial charge >= 0.3 is 0 Å². The molecule has 212 valence electrons. The molecule has 1 unspecified atom stereocenters. The SMILES string of the molecule is O=C(NCc1nnc(SCC(=O)N2N=C(c3cccs3)CC2c2ccc(F)cc2)n1-c1ccc(Br)cc1)c1cccs1. The van der Waals surface area contributed by atoms with Crippen molar-refractivity contribution in [3.63, 3.8) is 0 Å². The molecule has 0 saturated heterocycles. The largest absolute Gasteiger partial charge is 0.344 e. The number of rotatable bonds is 9. The molecule has 6 rings (SSSR count). The van der Waals surface area contributed by atoms with E-state index in [1.165, 1.54) is 40.2 Å². The minimum Gasteiger partial charge on any atom is -0.344 e. The number of halogens is 2. The Morgan fingerprint density at radius 1 is 1.00 bits per heavy atom. The lowest BCUT2D eigenvalue weighted by Gasteiger charge is -2.22. The average Bonchev–Trinajstić information content (AvgIpc) is 3.82. The van der Waals surface area contributed by atoms with Gasteiger partial charge in [0.05, 0.1) is 33.8 Å². The highest BCUT2D eigenvalue weighted by Crippen LogP contribution is 2.35. The second kappa shape index (κ2) is 12.7. The molecule has 1 aliphatic rings. The van der Waals surface area contributed by atoms with E-state index in [9.17, 15) is 14.0 Å². The van der Waals surface area contributed by atoms with Gasteiger partial charge in [-0.15, -0.1) is 32.9 Å². The number of nitrogens with zero attached hydrogens (tertiary/aromatic N) is 5. The smallest absolute Gasteiger partial charge is 0.261 e. The highest BCUT2D eigenvalue weighted by atomic mass is 79.9. The molecule has 0 fully saturated rings. The normalized spacial score (nSPS) is 14.7. The van der Waals surface area contributed by atoms with E-state index in [0.29, 0.717) is 22.3 Å². The van der Waals surface area contributed by atoms with Gasteiger partial charge in [0.15, 0.2) is 11.0 Å². The van der Waals surface area contributed by atoms with Crippen molar-refractivity contribution in [2.24, 2.45) is 5.10 Å². The predicted octanol–water partition coefficient (Wildman–Crippen LogP) is 6.69. The van der Waals surface area contributed by atoms with Crippen molar-refractivity contribution in [2.45, 2.75) is 24.2 Å². The lowest BCUT2D eigenvalue weighted by Crippen LogP contribution is -2.28. The summed E-state index contributed by atoms with van der Waals surface area (Å²) in [5.74, 6) is -0.159. The van der Waals surface area contributed by atoms with E-state index in [1.807, 2.05) is 57.8 Å². The summed E-state index contributed by atoms with van der Waals surface area (Å²) in [4.78, 5) is 27.8. The fraction of sp³-hybridized carbons (Fsp3) is 0.138. The highest BCUT2D eigenvalue weighted by molar-refractivity contribution is 9.10. The number of hydrogen-bond donors (Lipinski definition) is 1. The van der Waals surface area contributed by atoms with Crippen LogP contribution in [-0.4, -0.2) is 43.1 Å². The third-order valence-corrected chi connectivity index (χ3v) is 9.72. The lowest BCUT2D eigenvalue weighted by molar-refractivity contribution is -0.130. The first-order valence-corrected chi connectivity index (χ1v) is 16.3. The van der Waals surface area contributed by atoms with Gasteiger partial charge in [-0.05, 0) is 64.9 Å². The second-order valence-corrected chi connectivity index (χ2v) is 12.9. The maximum Gasteiger partial charge on any atom is 0.261 e. The van der Waals surface area contributed by atoms with Crippen LogP contribution in [0.4, 0.5) is 4.39 Å². The molecule has 0 radical (unpaired) electrons. The van der Waals surface area contributed by atoms with Gasteiger partial charge in [0.25, 0.3) is 11.8 Å². The quantitative estimate of drug-likeness (QED) is 0.175. The Morgan fingerprint density at radius 2 is 1.76 bits per heavy atom. The van der Waals surface area contributed by atoms with Crippen molar-refractivity contribution in [1.82, 2.24) is 25.1 Å². The van der Waals surface area contributed by atoms with Crippen molar-refractivity contribution in [2.75, 3.05) is 5.75 Å². The summed E-state index contributed by atoms with van der Waals surface area (Å²) >= 11 is 7.64. The first kappa shape index (κ1) is 28.5. The molecule has 3 aromatic heterocycles. The molecule has 1 aliphatic heterocycles. The number of carbonyl (C=O) groups excluding carboxylic acids is 2. The van der Waals surface area contributed by atoms with Gasteiger partial charge < -0.3 is 5.32 Å². The first-order chi connectivity index (χ1) is 20.5. The third kappa shape index (κ3) is 6.24. The summed E-state index contributed by atoms with van der Waals surface area (Å²) in [5.41, 5.74) is 2.42. The van der Waals surface area contributed by atoms with E-state index in [4.69, 9.17) is 5.10 Å². The highest BCUT2D eigenvalue weighted by Gasteiger charge is 2.33. The zero-order valence-electron chi connectivity index (χ0n) is 21.8. The monoisotopic (exact) mass is 680 g/mol. The van der Waals surface area contributed by atoms with E-state index in [-0.39, 0.29) is 36.0 Å². The van der Waals surface area contributed by atoms with Crippen LogP contribution >= 0.6 is 50.4 Å².